The molecule has 0 amide bonds. The van der Waals surface area contributed by atoms with Crippen LogP contribution in [0.25, 0.3) is 11.4 Å². The van der Waals surface area contributed by atoms with E-state index in [1.54, 1.807) is 0 Å². The van der Waals surface area contributed by atoms with Crippen LogP contribution in [0.15, 0.2) is 42.5 Å². The molecule has 1 aliphatic rings. The van der Waals surface area contributed by atoms with Crippen LogP contribution in [0.5, 0.6) is 0 Å². The number of hydrogen-bond acceptors (Lipinski definition) is 8. The molecule has 3 aromatic rings. The second kappa shape index (κ2) is 13.5. The molecule has 1 saturated heterocycles. The van der Waals surface area contributed by atoms with Crippen LogP contribution in [0.2, 0.25) is 0 Å². The first-order chi connectivity index (χ1) is 18.2. The van der Waals surface area contributed by atoms with Crippen molar-refractivity contribution in [1.29, 1.82) is 0 Å². The summed E-state index contributed by atoms with van der Waals surface area (Å²) in [7, 11) is 0. The minimum absolute atomic E-state index is 0.651. The van der Waals surface area contributed by atoms with Crippen molar-refractivity contribution < 1.29 is 46.1 Å². The maximum atomic E-state index is 10.6. The van der Waals surface area contributed by atoms with E-state index in [1.165, 1.54) is 5.56 Å². The Hall–Kier alpha value is -4.28. The second-order valence-electron chi connectivity index (χ2n) is 7.90. The van der Waals surface area contributed by atoms with Gasteiger partial charge in [-0.25, -0.2) is 14.6 Å². The molecular weight excluding hydrogens is 540 g/mol. The third kappa shape index (κ3) is 10.2. The predicted octanol–water partition coefficient (Wildman–Crippen LogP) is 3.16. The van der Waals surface area contributed by atoms with Gasteiger partial charge in [0, 0.05) is 44.0 Å². The predicted molar refractivity (Wildman–Crippen MR) is 123 cm³/mol. The molecule has 0 aliphatic carbocycles. The number of aliphatic carboxylic acids is 2. The number of H-pyrrole nitrogens is 1. The molecule has 3 heterocycles. The lowest BCUT2D eigenvalue weighted by atomic mass is 10.1. The smallest absolute Gasteiger partial charge is 0.475 e. The van der Waals surface area contributed by atoms with Gasteiger partial charge in [-0.3, -0.25) is 4.90 Å². The van der Waals surface area contributed by atoms with Gasteiger partial charge in [0.05, 0.1) is 0 Å². The van der Waals surface area contributed by atoms with E-state index in [-0.39, 0.29) is 0 Å². The van der Waals surface area contributed by atoms with Crippen molar-refractivity contribution in [2.24, 2.45) is 0 Å². The van der Waals surface area contributed by atoms with Crippen LogP contribution in [0.4, 0.5) is 32.2 Å². The molecule has 2 aromatic heterocycles. The van der Waals surface area contributed by atoms with Gasteiger partial charge in [-0.1, -0.05) is 30.3 Å². The van der Waals surface area contributed by atoms with Gasteiger partial charge in [-0.15, -0.1) is 10.2 Å². The number of carbonyl (C=O) groups is 2. The highest BCUT2D eigenvalue weighted by Crippen LogP contribution is 2.22. The van der Waals surface area contributed by atoms with Crippen molar-refractivity contribution >= 4 is 17.8 Å². The molecule has 1 aliphatic heterocycles. The van der Waals surface area contributed by atoms with Gasteiger partial charge in [0.25, 0.3) is 0 Å². The summed E-state index contributed by atoms with van der Waals surface area (Å²) in [5.41, 5.74) is 3.33. The van der Waals surface area contributed by atoms with Crippen LogP contribution in [-0.2, 0) is 16.1 Å². The van der Waals surface area contributed by atoms with Crippen molar-refractivity contribution in [3.8, 4) is 11.4 Å². The van der Waals surface area contributed by atoms with Crippen molar-refractivity contribution in [2.45, 2.75) is 25.8 Å². The Bertz CT molecular complexity index is 1190. The normalized spacial score (nSPS) is 14.0. The van der Waals surface area contributed by atoms with Crippen LogP contribution >= 0.6 is 0 Å². The van der Waals surface area contributed by atoms with Crippen molar-refractivity contribution in [3.63, 3.8) is 0 Å². The molecule has 39 heavy (non-hydrogen) atoms. The first-order valence-corrected chi connectivity index (χ1v) is 11.0. The number of nitrogens with zero attached hydrogens (tertiary/aromatic N) is 6. The van der Waals surface area contributed by atoms with Crippen LogP contribution < -0.4 is 4.90 Å². The number of anilines is 1. The van der Waals surface area contributed by atoms with Gasteiger partial charge in [0.1, 0.15) is 5.82 Å². The summed E-state index contributed by atoms with van der Waals surface area (Å²) in [6, 6.07) is 14.5. The Labute approximate surface area is 217 Å². The number of aromatic nitrogens is 5. The fourth-order valence-electron chi connectivity index (χ4n) is 3.23. The maximum absolute atomic E-state index is 10.6. The molecule has 1 fully saturated rings. The zero-order chi connectivity index (χ0) is 29.2. The molecule has 212 valence electrons. The number of nitrogens with one attached hydrogen (secondary N) is 1. The number of carboxylic acids is 2. The van der Waals surface area contributed by atoms with E-state index in [1.807, 2.05) is 25.1 Å². The number of aryl methyl sites for hydroxylation is 1. The van der Waals surface area contributed by atoms with Gasteiger partial charge in [-0.05, 0) is 29.8 Å². The Balaban J connectivity index is 0.000000317. The molecule has 0 saturated carbocycles. The Morgan fingerprint density at radius 1 is 0.897 bits per heavy atom. The number of tetrazole rings is 1. The van der Waals surface area contributed by atoms with Crippen LogP contribution in [0.1, 0.15) is 11.3 Å². The van der Waals surface area contributed by atoms with E-state index < -0.39 is 24.3 Å². The maximum Gasteiger partial charge on any atom is 0.490 e. The highest BCUT2D eigenvalue weighted by atomic mass is 19.4. The summed E-state index contributed by atoms with van der Waals surface area (Å²) in [6.45, 7) is 6.92. The molecule has 11 nitrogen and oxygen atoms in total. The molecule has 3 N–H and O–H groups in total. The number of pyridine rings is 1. The van der Waals surface area contributed by atoms with E-state index in [4.69, 9.17) is 19.8 Å². The summed E-state index contributed by atoms with van der Waals surface area (Å²) in [5, 5.41) is 28.7. The lowest BCUT2D eigenvalue weighted by Crippen LogP contribution is -2.46. The van der Waals surface area contributed by atoms with E-state index in [9.17, 15) is 26.3 Å². The fraction of sp³-hybridized carbons (Fsp3) is 0.364. The average molecular weight is 563 g/mol. The summed E-state index contributed by atoms with van der Waals surface area (Å²) in [6.07, 6.45) is -10.2. The lowest BCUT2D eigenvalue weighted by Gasteiger charge is -2.35. The number of aromatic amines is 1. The van der Waals surface area contributed by atoms with Gasteiger partial charge in [0.2, 0.25) is 5.82 Å². The molecule has 0 bridgehead atoms. The number of hydrogen-bond donors (Lipinski definition) is 3. The number of alkyl halides is 6. The highest BCUT2D eigenvalue weighted by Gasteiger charge is 2.38. The average Bonchev–Trinajstić information content (AvgIpc) is 3.39. The van der Waals surface area contributed by atoms with Gasteiger partial charge < -0.3 is 15.1 Å². The number of carboxylic acid groups (broad SMARTS) is 2. The Kier molecular flexibility index (Phi) is 10.7. The lowest BCUT2D eigenvalue weighted by molar-refractivity contribution is -0.193. The van der Waals surface area contributed by atoms with E-state index in [0.717, 1.165) is 49.8 Å². The number of rotatable bonds is 4. The van der Waals surface area contributed by atoms with E-state index in [0.29, 0.717) is 5.82 Å². The summed E-state index contributed by atoms with van der Waals surface area (Å²) < 4.78 is 63.5. The second-order valence-corrected chi connectivity index (χ2v) is 7.90. The van der Waals surface area contributed by atoms with Crippen LogP contribution in [0, 0.1) is 6.92 Å². The molecule has 4 rings (SSSR count). The molecule has 0 unspecified atom stereocenters. The molecule has 17 heteroatoms. The third-order valence-electron chi connectivity index (χ3n) is 5.05. The van der Waals surface area contributed by atoms with E-state index in [2.05, 4.69) is 59.7 Å². The number of piperazine rings is 1. The van der Waals surface area contributed by atoms with Crippen LogP contribution in [-0.4, -0.2) is 91.2 Å². The molecular formula is C22H23F6N7O4. The molecule has 0 radical (unpaired) electrons. The zero-order valence-electron chi connectivity index (χ0n) is 20.2. The van der Waals surface area contributed by atoms with Gasteiger partial charge in [0.15, 0.2) is 0 Å². The SMILES string of the molecule is Cc1cccc(N2CCN(Cc3ccccc3-c3nn[nH]n3)CC2)n1.O=C(O)C(F)(F)F.O=C(O)C(F)(F)F. The summed E-state index contributed by atoms with van der Waals surface area (Å²) >= 11 is 0. The molecule has 0 spiro atoms. The third-order valence-corrected chi connectivity index (χ3v) is 5.05. The fourth-order valence-corrected chi connectivity index (χ4v) is 3.23. The van der Waals surface area contributed by atoms with Crippen molar-refractivity contribution in [2.75, 3.05) is 31.1 Å². The zero-order valence-corrected chi connectivity index (χ0v) is 20.2. The minimum atomic E-state index is -5.08. The number of benzene rings is 1. The summed E-state index contributed by atoms with van der Waals surface area (Å²) in [5.74, 6) is -3.79. The first kappa shape index (κ1) is 30.9. The van der Waals surface area contributed by atoms with Crippen LogP contribution in [0.3, 0.4) is 0 Å². The molecule has 1 aromatic carbocycles. The molecule has 0 atom stereocenters. The minimum Gasteiger partial charge on any atom is -0.475 e. The monoisotopic (exact) mass is 563 g/mol. The Morgan fingerprint density at radius 3 is 1.95 bits per heavy atom. The quantitative estimate of drug-likeness (QED) is 0.404. The van der Waals surface area contributed by atoms with Crippen molar-refractivity contribution in [1.82, 2.24) is 30.5 Å². The topological polar surface area (TPSA) is 148 Å². The highest BCUT2D eigenvalue weighted by molar-refractivity contribution is 5.73. The largest absolute Gasteiger partial charge is 0.490 e. The first-order valence-electron chi connectivity index (χ1n) is 11.0. The van der Waals surface area contributed by atoms with Crippen molar-refractivity contribution in [3.05, 3.63) is 53.7 Å². The number of halogens is 6. The van der Waals surface area contributed by atoms with E-state index >= 15 is 0 Å². The van der Waals surface area contributed by atoms with Gasteiger partial charge in [-0.2, -0.15) is 31.6 Å². The standard InChI is InChI=1S/C18H21N7.2C2HF3O2/c1-14-5-4-8-17(19-14)25-11-9-24(10-12-25)13-15-6-2-3-7-16(15)18-20-22-23-21-18;2*3-2(4,5)1(6)7/h2-8H,9-13H2,1H3,(H,20,21,22,23);2*(H,6,7). The Morgan fingerprint density at radius 2 is 1.46 bits per heavy atom. The van der Waals surface area contributed by atoms with Gasteiger partial charge >= 0.3 is 24.3 Å². The summed E-state index contributed by atoms with van der Waals surface area (Å²) in [4.78, 5) is 27.2.